The van der Waals surface area contributed by atoms with Gasteiger partial charge in [-0.05, 0) is 24.6 Å². The van der Waals surface area contributed by atoms with E-state index in [0.29, 0.717) is 5.56 Å². The Bertz CT molecular complexity index is 574. The first-order valence-corrected chi connectivity index (χ1v) is 10.8. The minimum absolute atomic E-state index is 0.658. The van der Waals surface area contributed by atoms with Crippen LogP contribution in [0.5, 0.6) is 0 Å². The highest BCUT2D eigenvalue weighted by atomic mass is 79.9. The molecule has 0 saturated carbocycles. The normalized spacial score (nSPS) is 10.1. The highest BCUT2D eigenvalue weighted by Crippen LogP contribution is 2.15. The molecule has 0 aliphatic rings. The molecule has 1 aromatic rings. The van der Waals surface area contributed by atoms with Crippen LogP contribution in [0.1, 0.15) is 102 Å². The fourth-order valence-electron chi connectivity index (χ4n) is 2.93. The third-order valence-corrected chi connectivity index (χ3v) is 4.97. The quantitative estimate of drug-likeness (QED) is 0.259. The van der Waals surface area contributed by atoms with Gasteiger partial charge in [-0.15, -0.1) is 0 Å². The summed E-state index contributed by atoms with van der Waals surface area (Å²) in [6.45, 7) is 2.27. The van der Waals surface area contributed by atoms with Crippen LogP contribution >= 0.6 is 15.9 Å². The molecular weight excluding hydrogens is 370 g/mol. The summed E-state index contributed by atoms with van der Waals surface area (Å²) in [6, 6.07) is 7.82. The van der Waals surface area contributed by atoms with Crippen LogP contribution in [0.3, 0.4) is 0 Å². The van der Waals surface area contributed by atoms with Crippen molar-refractivity contribution in [2.75, 3.05) is 0 Å². The van der Waals surface area contributed by atoms with Crippen molar-refractivity contribution >= 4 is 15.9 Å². The maximum Gasteiger partial charge on any atom is 0.100 e. The molecule has 1 rings (SSSR count). The van der Waals surface area contributed by atoms with Crippen molar-refractivity contribution in [1.82, 2.24) is 0 Å². The average Bonchev–Trinajstić information content (AvgIpc) is 2.62. The van der Waals surface area contributed by atoms with Crippen LogP contribution in [0, 0.1) is 23.2 Å². The Kier molecular flexibility index (Phi) is 13.1. The molecule has 0 bridgehead atoms. The molecule has 0 aliphatic heterocycles. The smallest absolute Gasteiger partial charge is 0.100 e. The standard InChI is InChI=1S/C23H32BrN/c1-2-3-4-5-6-7-8-9-10-11-12-13-14-15-16-21-19-23(24)18-17-22(21)20-25/h17-19H,2-14H2,1H3. The molecule has 0 aliphatic carbocycles. The lowest BCUT2D eigenvalue weighted by molar-refractivity contribution is 0.545. The summed E-state index contributed by atoms with van der Waals surface area (Å²) in [7, 11) is 0. The maximum absolute atomic E-state index is 9.09. The summed E-state index contributed by atoms with van der Waals surface area (Å²) in [6.07, 6.45) is 17.3. The van der Waals surface area contributed by atoms with Crippen molar-refractivity contribution in [2.45, 2.75) is 90.4 Å². The van der Waals surface area contributed by atoms with Gasteiger partial charge < -0.3 is 0 Å². The summed E-state index contributed by atoms with van der Waals surface area (Å²) in [4.78, 5) is 0. The fraction of sp³-hybridized carbons (Fsp3) is 0.609. The SMILES string of the molecule is CCCCCCCCCCCCCCC#Cc1cc(Br)ccc1C#N. The number of unbranched alkanes of at least 4 members (excludes halogenated alkanes) is 12. The minimum atomic E-state index is 0.658. The average molecular weight is 402 g/mol. The van der Waals surface area contributed by atoms with Crippen LogP contribution in [0.25, 0.3) is 0 Å². The zero-order chi connectivity index (χ0) is 18.2. The highest BCUT2D eigenvalue weighted by molar-refractivity contribution is 9.10. The van der Waals surface area contributed by atoms with Gasteiger partial charge in [0, 0.05) is 16.5 Å². The predicted octanol–water partition coefficient (Wildman–Crippen LogP) is 7.76. The zero-order valence-corrected chi connectivity index (χ0v) is 17.3. The van der Waals surface area contributed by atoms with E-state index >= 15 is 0 Å². The molecule has 0 N–H and O–H groups in total. The molecule has 1 nitrogen and oxygen atoms in total. The Labute approximate surface area is 163 Å². The minimum Gasteiger partial charge on any atom is -0.192 e. The van der Waals surface area contributed by atoms with Gasteiger partial charge in [0.1, 0.15) is 6.07 Å². The molecule has 0 unspecified atom stereocenters. The van der Waals surface area contributed by atoms with Crippen molar-refractivity contribution in [3.8, 4) is 17.9 Å². The van der Waals surface area contributed by atoms with Crippen LogP contribution in [0.15, 0.2) is 22.7 Å². The van der Waals surface area contributed by atoms with E-state index in [1.165, 1.54) is 77.0 Å². The lowest BCUT2D eigenvalue weighted by Crippen LogP contribution is -1.84. The molecule has 0 aromatic heterocycles. The molecule has 136 valence electrons. The van der Waals surface area contributed by atoms with Crippen LogP contribution in [-0.2, 0) is 0 Å². The van der Waals surface area contributed by atoms with Gasteiger partial charge in [0.2, 0.25) is 0 Å². The fourth-order valence-corrected chi connectivity index (χ4v) is 3.29. The lowest BCUT2D eigenvalue weighted by Gasteiger charge is -2.02. The third kappa shape index (κ3) is 11.1. The van der Waals surface area contributed by atoms with Crippen LogP contribution < -0.4 is 0 Å². The number of rotatable bonds is 12. The predicted molar refractivity (Wildman–Crippen MR) is 111 cm³/mol. The summed E-state index contributed by atoms with van der Waals surface area (Å²) >= 11 is 3.43. The van der Waals surface area contributed by atoms with E-state index in [0.717, 1.165) is 16.5 Å². The number of hydrogen-bond donors (Lipinski definition) is 0. The Morgan fingerprint density at radius 1 is 0.800 bits per heavy atom. The van der Waals surface area contributed by atoms with Gasteiger partial charge in [-0.1, -0.05) is 105 Å². The van der Waals surface area contributed by atoms with E-state index in [1.54, 1.807) is 0 Å². The van der Waals surface area contributed by atoms with Crippen molar-refractivity contribution in [2.24, 2.45) is 0 Å². The number of halogens is 1. The van der Waals surface area contributed by atoms with Gasteiger partial charge in [-0.3, -0.25) is 0 Å². The van der Waals surface area contributed by atoms with E-state index in [4.69, 9.17) is 5.26 Å². The van der Waals surface area contributed by atoms with E-state index in [2.05, 4.69) is 40.8 Å². The zero-order valence-electron chi connectivity index (χ0n) is 15.7. The first kappa shape index (κ1) is 21.8. The molecule has 1 aromatic carbocycles. The molecular formula is C23H32BrN. The molecule has 0 saturated heterocycles. The molecule has 0 radical (unpaired) electrons. The van der Waals surface area contributed by atoms with Gasteiger partial charge in [-0.2, -0.15) is 5.26 Å². The van der Waals surface area contributed by atoms with Crippen LogP contribution in [-0.4, -0.2) is 0 Å². The molecule has 0 fully saturated rings. The van der Waals surface area contributed by atoms with Crippen LogP contribution in [0.4, 0.5) is 0 Å². The van der Waals surface area contributed by atoms with Gasteiger partial charge >= 0.3 is 0 Å². The number of nitrogens with zero attached hydrogens (tertiary/aromatic N) is 1. The first-order valence-electron chi connectivity index (χ1n) is 9.96. The van der Waals surface area contributed by atoms with E-state index < -0.39 is 0 Å². The van der Waals surface area contributed by atoms with Crippen molar-refractivity contribution in [1.29, 1.82) is 5.26 Å². The van der Waals surface area contributed by atoms with Gasteiger partial charge in [0.25, 0.3) is 0 Å². The monoisotopic (exact) mass is 401 g/mol. The summed E-state index contributed by atoms with van der Waals surface area (Å²) in [5.41, 5.74) is 1.49. The Morgan fingerprint density at radius 3 is 1.92 bits per heavy atom. The Hall–Kier alpha value is -1.25. The maximum atomic E-state index is 9.09. The number of nitriles is 1. The van der Waals surface area contributed by atoms with Crippen molar-refractivity contribution in [3.63, 3.8) is 0 Å². The Balaban J connectivity index is 2.01. The second kappa shape index (κ2) is 15.0. The molecule has 0 heterocycles. The van der Waals surface area contributed by atoms with E-state index in [-0.39, 0.29) is 0 Å². The van der Waals surface area contributed by atoms with Crippen molar-refractivity contribution < 1.29 is 0 Å². The Morgan fingerprint density at radius 2 is 1.36 bits per heavy atom. The molecule has 0 spiro atoms. The van der Waals surface area contributed by atoms with E-state index in [9.17, 15) is 0 Å². The second-order valence-corrected chi connectivity index (χ2v) is 7.66. The third-order valence-electron chi connectivity index (χ3n) is 4.48. The topological polar surface area (TPSA) is 23.8 Å². The van der Waals surface area contributed by atoms with Crippen molar-refractivity contribution in [3.05, 3.63) is 33.8 Å². The van der Waals surface area contributed by atoms with Gasteiger partial charge in [0.15, 0.2) is 0 Å². The highest BCUT2D eigenvalue weighted by Gasteiger charge is 1.99. The number of benzene rings is 1. The number of hydrogen-bond acceptors (Lipinski definition) is 1. The summed E-state index contributed by atoms with van der Waals surface area (Å²) in [5, 5.41) is 9.09. The molecule has 0 amide bonds. The van der Waals surface area contributed by atoms with E-state index in [1.807, 2.05) is 18.2 Å². The summed E-state index contributed by atoms with van der Waals surface area (Å²) in [5.74, 6) is 6.36. The van der Waals surface area contributed by atoms with Gasteiger partial charge in [-0.25, -0.2) is 0 Å². The molecule has 2 heteroatoms. The first-order chi connectivity index (χ1) is 12.3. The largest absolute Gasteiger partial charge is 0.192 e. The lowest BCUT2D eigenvalue weighted by atomic mass is 10.0. The van der Waals surface area contributed by atoms with Crippen LogP contribution in [0.2, 0.25) is 0 Å². The molecule has 0 atom stereocenters. The summed E-state index contributed by atoms with van der Waals surface area (Å²) < 4.78 is 0.973. The second-order valence-electron chi connectivity index (χ2n) is 6.74. The molecule has 25 heavy (non-hydrogen) atoms. The van der Waals surface area contributed by atoms with Gasteiger partial charge in [0.05, 0.1) is 5.56 Å².